The summed E-state index contributed by atoms with van der Waals surface area (Å²) in [7, 11) is 2.03. The maximum Gasteiger partial charge on any atom is 0.255 e. The summed E-state index contributed by atoms with van der Waals surface area (Å²) in [6.45, 7) is 0.734. The molecule has 5 nitrogen and oxygen atoms in total. The van der Waals surface area contributed by atoms with Crippen molar-refractivity contribution in [2.75, 3.05) is 23.0 Å². The van der Waals surface area contributed by atoms with Gasteiger partial charge in [-0.05, 0) is 53.1 Å². The molecule has 0 spiro atoms. The highest BCUT2D eigenvalue weighted by atomic mass is 16.1. The number of benzene rings is 3. The minimum Gasteiger partial charge on any atom is -0.397 e. The number of hydrogen-bond acceptors (Lipinski definition) is 4. The first-order valence-electron chi connectivity index (χ1n) is 10.1. The second-order valence-electron chi connectivity index (χ2n) is 7.38. The molecule has 0 bridgehead atoms. The average Bonchev–Trinajstić information content (AvgIpc) is 2.82. The molecular formula is C26H24N4O. The van der Waals surface area contributed by atoms with Gasteiger partial charge in [0.05, 0.1) is 11.4 Å². The largest absolute Gasteiger partial charge is 0.397 e. The van der Waals surface area contributed by atoms with Gasteiger partial charge in [0.2, 0.25) is 0 Å². The van der Waals surface area contributed by atoms with E-state index in [1.165, 1.54) is 0 Å². The number of nitrogens with zero attached hydrogens (tertiary/aromatic N) is 2. The van der Waals surface area contributed by atoms with E-state index in [4.69, 9.17) is 5.73 Å². The molecule has 3 N–H and O–H groups in total. The fourth-order valence-corrected chi connectivity index (χ4v) is 3.39. The average molecular weight is 409 g/mol. The van der Waals surface area contributed by atoms with Crippen molar-refractivity contribution in [3.05, 3.63) is 108 Å². The lowest BCUT2D eigenvalue weighted by Gasteiger charge is -2.19. The molecular weight excluding hydrogens is 384 g/mol. The van der Waals surface area contributed by atoms with Crippen LogP contribution >= 0.6 is 0 Å². The maximum atomic E-state index is 12.8. The van der Waals surface area contributed by atoms with Crippen LogP contribution in [0, 0.1) is 0 Å². The zero-order valence-corrected chi connectivity index (χ0v) is 17.3. The monoisotopic (exact) mass is 408 g/mol. The summed E-state index contributed by atoms with van der Waals surface area (Å²) < 4.78 is 0. The Labute approximate surface area is 182 Å². The Morgan fingerprint density at radius 2 is 1.61 bits per heavy atom. The zero-order valence-electron chi connectivity index (χ0n) is 17.3. The van der Waals surface area contributed by atoms with E-state index in [1.54, 1.807) is 12.4 Å². The highest BCUT2D eigenvalue weighted by Crippen LogP contribution is 2.27. The number of nitrogens with one attached hydrogen (secondary N) is 1. The lowest BCUT2D eigenvalue weighted by Crippen LogP contribution is -2.17. The van der Waals surface area contributed by atoms with Crippen molar-refractivity contribution in [1.82, 2.24) is 4.98 Å². The molecule has 1 heterocycles. The van der Waals surface area contributed by atoms with Gasteiger partial charge < -0.3 is 16.0 Å². The number of amides is 1. The Bertz CT molecular complexity index is 1160. The number of hydrogen-bond donors (Lipinski definition) is 2. The standard InChI is InChI=1S/C26H24N4O/c1-30(23-13-15-28-16-14-23)18-19-7-9-21(10-8-19)26(31)29-25-17-22(11-12-24(25)27)20-5-3-2-4-6-20/h2-17H,18,27H2,1H3,(H,29,31). The van der Waals surface area contributed by atoms with Gasteiger partial charge in [-0.3, -0.25) is 9.78 Å². The van der Waals surface area contributed by atoms with Crippen LogP contribution < -0.4 is 16.0 Å². The van der Waals surface area contributed by atoms with E-state index >= 15 is 0 Å². The second kappa shape index (κ2) is 9.13. The summed E-state index contributed by atoms with van der Waals surface area (Å²) in [5.41, 5.74) is 12.1. The Kier molecular flexibility index (Phi) is 5.94. The molecule has 0 aliphatic carbocycles. The van der Waals surface area contributed by atoms with E-state index < -0.39 is 0 Å². The van der Waals surface area contributed by atoms with Crippen molar-refractivity contribution in [2.24, 2.45) is 0 Å². The molecule has 31 heavy (non-hydrogen) atoms. The van der Waals surface area contributed by atoms with E-state index in [9.17, 15) is 4.79 Å². The summed E-state index contributed by atoms with van der Waals surface area (Å²) >= 11 is 0. The Morgan fingerprint density at radius 1 is 0.903 bits per heavy atom. The first-order valence-corrected chi connectivity index (χ1v) is 10.1. The molecule has 0 aliphatic heterocycles. The van der Waals surface area contributed by atoms with Crippen LogP contribution in [0.25, 0.3) is 11.1 Å². The third-order valence-electron chi connectivity index (χ3n) is 5.15. The minimum atomic E-state index is -0.189. The predicted molar refractivity (Wildman–Crippen MR) is 127 cm³/mol. The topological polar surface area (TPSA) is 71.2 Å². The Hall–Kier alpha value is -4.12. The van der Waals surface area contributed by atoms with E-state index in [0.717, 1.165) is 28.9 Å². The molecule has 0 saturated heterocycles. The normalized spacial score (nSPS) is 10.5. The Balaban J connectivity index is 1.45. The molecule has 0 saturated carbocycles. The number of carbonyl (C=O) groups is 1. The molecule has 154 valence electrons. The van der Waals surface area contributed by atoms with Crippen molar-refractivity contribution >= 4 is 23.0 Å². The van der Waals surface area contributed by atoms with Crippen LogP contribution in [0.1, 0.15) is 15.9 Å². The summed E-state index contributed by atoms with van der Waals surface area (Å²) in [4.78, 5) is 19.0. The highest BCUT2D eigenvalue weighted by molar-refractivity contribution is 6.06. The number of nitrogens with two attached hydrogens (primary N) is 1. The summed E-state index contributed by atoms with van der Waals surface area (Å²) in [5, 5.41) is 2.94. The second-order valence-corrected chi connectivity index (χ2v) is 7.38. The zero-order chi connectivity index (χ0) is 21.6. The van der Waals surface area contributed by atoms with Crippen LogP contribution in [0.4, 0.5) is 17.1 Å². The minimum absolute atomic E-state index is 0.189. The number of anilines is 3. The van der Waals surface area contributed by atoms with E-state index in [1.807, 2.05) is 92.0 Å². The van der Waals surface area contributed by atoms with E-state index in [0.29, 0.717) is 16.9 Å². The third kappa shape index (κ3) is 4.90. The van der Waals surface area contributed by atoms with Crippen molar-refractivity contribution in [1.29, 1.82) is 0 Å². The molecule has 1 aromatic heterocycles. The van der Waals surface area contributed by atoms with Crippen molar-refractivity contribution in [3.8, 4) is 11.1 Å². The molecule has 3 aromatic carbocycles. The lowest BCUT2D eigenvalue weighted by atomic mass is 10.0. The first kappa shape index (κ1) is 20.2. The quantitative estimate of drug-likeness (QED) is 0.429. The summed E-state index contributed by atoms with van der Waals surface area (Å²) in [6, 6.07) is 27.2. The van der Waals surface area contributed by atoms with Crippen molar-refractivity contribution in [2.45, 2.75) is 6.54 Å². The van der Waals surface area contributed by atoms with Gasteiger partial charge in [0.25, 0.3) is 5.91 Å². The van der Waals surface area contributed by atoms with Crippen LogP contribution in [0.2, 0.25) is 0 Å². The Morgan fingerprint density at radius 3 is 2.32 bits per heavy atom. The number of nitrogen functional groups attached to an aromatic ring is 1. The smallest absolute Gasteiger partial charge is 0.255 e. The molecule has 4 rings (SSSR count). The first-order chi connectivity index (χ1) is 15.1. The number of aromatic nitrogens is 1. The molecule has 4 aromatic rings. The molecule has 0 unspecified atom stereocenters. The van der Waals surface area contributed by atoms with Crippen LogP contribution in [0.5, 0.6) is 0 Å². The van der Waals surface area contributed by atoms with Crippen molar-refractivity contribution < 1.29 is 4.79 Å². The van der Waals surface area contributed by atoms with Gasteiger partial charge in [0, 0.05) is 37.2 Å². The van der Waals surface area contributed by atoms with Crippen molar-refractivity contribution in [3.63, 3.8) is 0 Å². The number of rotatable bonds is 6. The summed E-state index contributed by atoms with van der Waals surface area (Å²) in [6.07, 6.45) is 3.55. The highest BCUT2D eigenvalue weighted by Gasteiger charge is 2.10. The molecule has 0 radical (unpaired) electrons. The van der Waals surface area contributed by atoms with Crippen LogP contribution in [-0.4, -0.2) is 17.9 Å². The predicted octanol–water partition coefficient (Wildman–Crippen LogP) is 5.22. The van der Waals surface area contributed by atoms with Crippen LogP contribution in [0.3, 0.4) is 0 Å². The number of carbonyl (C=O) groups excluding carboxylic acids is 1. The molecule has 5 heteroatoms. The molecule has 0 fully saturated rings. The van der Waals surface area contributed by atoms with E-state index in [-0.39, 0.29) is 5.91 Å². The van der Waals surface area contributed by atoms with E-state index in [2.05, 4.69) is 15.2 Å². The van der Waals surface area contributed by atoms with Gasteiger partial charge in [-0.2, -0.15) is 0 Å². The van der Waals surface area contributed by atoms with Gasteiger partial charge in [-0.25, -0.2) is 0 Å². The molecule has 0 atom stereocenters. The maximum absolute atomic E-state index is 12.8. The van der Waals surface area contributed by atoms with Gasteiger partial charge in [-0.15, -0.1) is 0 Å². The fourth-order valence-electron chi connectivity index (χ4n) is 3.39. The van der Waals surface area contributed by atoms with Gasteiger partial charge in [0.15, 0.2) is 0 Å². The van der Waals surface area contributed by atoms with Crippen LogP contribution in [-0.2, 0) is 6.54 Å². The molecule has 1 amide bonds. The van der Waals surface area contributed by atoms with Gasteiger partial charge >= 0.3 is 0 Å². The lowest BCUT2D eigenvalue weighted by molar-refractivity contribution is 0.102. The van der Waals surface area contributed by atoms with Gasteiger partial charge in [0.1, 0.15) is 0 Å². The summed E-state index contributed by atoms with van der Waals surface area (Å²) in [5.74, 6) is -0.189. The molecule has 0 aliphatic rings. The third-order valence-corrected chi connectivity index (χ3v) is 5.15. The van der Waals surface area contributed by atoms with Crippen LogP contribution in [0.15, 0.2) is 97.3 Å². The SMILES string of the molecule is CN(Cc1ccc(C(=O)Nc2cc(-c3ccccc3)ccc2N)cc1)c1ccncc1. The number of pyridine rings is 1. The van der Waals surface area contributed by atoms with Gasteiger partial charge in [-0.1, -0.05) is 48.5 Å². The fraction of sp³-hybridized carbons (Fsp3) is 0.0769.